The second-order valence-corrected chi connectivity index (χ2v) is 7.48. The van der Waals surface area contributed by atoms with Gasteiger partial charge in [0.15, 0.2) is 0 Å². The van der Waals surface area contributed by atoms with E-state index in [1.807, 2.05) is 24.3 Å². The standard InChI is InChI=1S/C17H24N4O2S/c18-12(10-11-6-2-1-3-7-11)15(22)16(23)20-21-17-19-13-8-4-5-9-14(13)24-17/h4-5,8-9,11-12,15,22H,1-3,6-7,10,18H2,(H,19,21)(H,20,23)/t12-,15?/m1/s1. The molecule has 3 rings (SSSR count). The number of aliphatic hydroxyl groups is 1. The minimum Gasteiger partial charge on any atom is -0.382 e. The largest absolute Gasteiger partial charge is 0.382 e. The van der Waals surface area contributed by atoms with Gasteiger partial charge in [-0.1, -0.05) is 55.6 Å². The van der Waals surface area contributed by atoms with Crippen molar-refractivity contribution in [1.82, 2.24) is 10.4 Å². The maximum absolute atomic E-state index is 12.1. The highest BCUT2D eigenvalue weighted by atomic mass is 32.1. The average molecular weight is 348 g/mol. The molecule has 1 aliphatic carbocycles. The molecule has 1 aromatic carbocycles. The number of benzene rings is 1. The number of nitrogens with two attached hydrogens (primary N) is 1. The van der Waals surface area contributed by atoms with Crippen LogP contribution in [0.1, 0.15) is 38.5 Å². The smallest absolute Gasteiger partial charge is 0.268 e. The number of carbonyl (C=O) groups is 1. The minimum atomic E-state index is -1.21. The van der Waals surface area contributed by atoms with E-state index < -0.39 is 18.1 Å². The minimum absolute atomic E-state index is 0.516. The van der Waals surface area contributed by atoms with E-state index in [1.165, 1.54) is 30.6 Å². The van der Waals surface area contributed by atoms with E-state index in [0.717, 1.165) is 23.1 Å². The van der Waals surface area contributed by atoms with Crippen LogP contribution in [-0.4, -0.2) is 28.1 Å². The molecule has 1 aliphatic rings. The third-order valence-electron chi connectivity index (χ3n) is 4.59. The fourth-order valence-corrected chi connectivity index (χ4v) is 4.06. The van der Waals surface area contributed by atoms with Gasteiger partial charge in [0.05, 0.1) is 10.2 Å². The summed E-state index contributed by atoms with van der Waals surface area (Å²) in [6.07, 6.45) is 5.49. The Morgan fingerprint density at radius 3 is 2.83 bits per heavy atom. The number of nitrogens with zero attached hydrogens (tertiary/aromatic N) is 1. The summed E-state index contributed by atoms with van der Waals surface area (Å²) in [7, 11) is 0. The zero-order chi connectivity index (χ0) is 16.9. The summed E-state index contributed by atoms with van der Waals surface area (Å²) in [6.45, 7) is 0. The fraction of sp³-hybridized carbons (Fsp3) is 0.529. The van der Waals surface area contributed by atoms with Crippen LogP contribution in [-0.2, 0) is 4.79 Å². The third kappa shape index (κ3) is 4.23. The molecule has 0 bridgehead atoms. The lowest BCUT2D eigenvalue weighted by Gasteiger charge is -2.26. The van der Waals surface area contributed by atoms with Crippen molar-refractivity contribution >= 4 is 32.6 Å². The van der Waals surface area contributed by atoms with E-state index in [-0.39, 0.29) is 0 Å². The van der Waals surface area contributed by atoms with Gasteiger partial charge in [0.1, 0.15) is 6.10 Å². The number of rotatable bonds is 6. The zero-order valence-electron chi connectivity index (χ0n) is 13.6. The van der Waals surface area contributed by atoms with Crippen molar-refractivity contribution < 1.29 is 9.90 Å². The number of hydrazine groups is 1. The molecule has 2 aromatic rings. The monoisotopic (exact) mass is 348 g/mol. The number of hydrogen-bond donors (Lipinski definition) is 4. The lowest BCUT2D eigenvalue weighted by Crippen LogP contribution is -2.48. The first-order chi connectivity index (χ1) is 11.6. The molecular formula is C17H24N4O2S. The molecule has 1 aromatic heterocycles. The Hall–Kier alpha value is -1.70. The van der Waals surface area contributed by atoms with E-state index in [1.54, 1.807) is 0 Å². The van der Waals surface area contributed by atoms with Gasteiger partial charge in [-0.05, 0) is 24.5 Å². The van der Waals surface area contributed by atoms with Crippen molar-refractivity contribution in [3.63, 3.8) is 0 Å². The normalized spacial score (nSPS) is 18.2. The number of carbonyl (C=O) groups excluding carboxylic acids is 1. The molecule has 0 saturated heterocycles. The second-order valence-electron chi connectivity index (χ2n) is 6.45. The molecule has 24 heavy (non-hydrogen) atoms. The van der Waals surface area contributed by atoms with Crippen LogP contribution in [0.15, 0.2) is 24.3 Å². The van der Waals surface area contributed by atoms with Gasteiger partial charge >= 0.3 is 0 Å². The van der Waals surface area contributed by atoms with Crippen molar-refractivity contribution in [2.75, 3.05) is 5.43 Å². The Morgan fingerprint density at radius 1 is 1.33 bits per heavy atom. The third-order valence-corrected chi connectivity index (χ3v) is 5.54. The van der Waals surface area contributed by atoms with Crippen molar-refractivity contribution in [3.8, 4) is 0 Å². The maximum atomic E-state index is 12.1. The molecule has 6 nitrogen and oxygen atoms in total. The van der Waals surface area contributed by atoms with Gasteiger partial charge in [-0.3, -0.25) is 15.6 Å². The highest BCUT2D eigenvalue weighted by Gasteiger charge is 2.26. The number of nitrogens with one attached hydrogen (secondary N) is 2. The number of anilines is 1. The number of para-hydroxylation sites is 1. The zero-order valence-corrected chi connectivity index (χ0v) is 14.4. The van der Waals surface area contributed by atoms with Crippen LogP contribution in [0, 0.1) is 5.92 Å². The predicted octanol–water partition coefficient (Wildman–Crippen LogP) is 2.40. The van der Waals surface area contributed by atoms with Crippen LogP contribution in [0.4, 0.5) is 5.13 Å². The lowest BCUT2D eigenvalue weighted by molar-refractivity contribution is -0.130. The molecule has 1 unspecified atom stereocenters. The first kappa shape index (κ1) is 17.1. The SMILES string of the molecule is N[C@H](CC1CCCCC1)C(O)C(=O)NNc1nc2ccccc2s1. The maximum Gasteiger partial charge on any atom is 0.268 e. The van der Waals surface area contributed by atoms with Gasteiger partial charge in [-0.15, -0.1) is 0 Å². The highest BCUT2D eigenvalue weighted by Crippen LogP contribution is 2.27. The molecule has 1 fully saturated rings. The molecule has 0 radical (unpaired) electrons. The number of aliphatic hydroxyl groups excluding tert-OH is 1. The Labute approximate surface area is 145 Å². The van der Waals surface area contributed by atoms with Crippen LogP contribution < -0.4 is 16.6 Å². The van der Waals surface area contributed by atoms with E-state index in [9.17, 15) is 9.90 Å². The van der Waals surface area contributed by atoms with Crippen molar-refractivity contribution in [2.24, 2.45) is 11.7 Å². The van der Waals surface area contributed by atoms with Gasteiger partial charge in [0.25, 0.3) is 5.91 Å². The highest BCUT2D eigenvalue weighted by molar-refractivity contribution is 7.22. The first-order valence-electron chi connectivity index (χ1n) is 8.48. The average Bonchev–Trinajstić information content (AvgIpc) is 3.02. The molecule has 7 heteroatoms. The van der Waals surface area contributed by atoms with E-state index in [2.05, 4.69) is 15.8 Å². The Morgan fingerprint density at radius 2 is 2.08 bits per heavy atom. The van der Waals surface area contributed by atoms with Crippen LogP contribution in [0.2, 0.25) is 0 Å². The van der Waals surface area contributed by atoms with Gasteiger partial charge in [-0.25, -0.2) is 4.98 Å². The number of thiazole rings is 1. The van der Waals surface area contributed by atoms with Crippen molar-refractivity contribution in [3.05, 3.63) is 24.3 Å². The fourth-order valence-electron chi connectivity index (χ4n) is 3.25. The van der Waals surface area contributed by atoms with Gasteiger partial charge < -0.3 is 10.8 Å². The van der Waals surface area contributed by atoms with Crippen LogP contribution in [0.25, 0.3) is 10.2 Å². The Bertz CT molecular complexity index is 651. The Kier molecular flexibility index (Phi) is 5.65. The van der Waals surface area contributed by atoms with Crippen LogP contribution in [0.5, 0.6) is 0 Å². The van der Waals surface area contributed by atoms with Crippen molar-refractivity contribution in [2.45, 2.75) is 50.7 Å². The Balaban J connectivity index is 1.49. The molecule has 2 atom stereocenters. The number of fused-ring (bicyclic) bond motifs is 1. The molecule has 1 amide bonds. The number of aromatic nitrogens is 1. The van der Waals surface area contributed by atoms with E-state index >= 15 is 0 Å². The quantitative estimate of drug-likeness (QED) is 0.601. The molecule has 5 N–H and O–H groups in total. The summed E-state index contributed by atoms with van der Waals surface area (Å²) in [6, 6.07) is 7.20. The topological polar surface area (TPSA) is 100 Å². The summed E-state index contributed by atoms with van der Waals surface area (Å²) >= 11 is 1.44. The summed E-state index contributed by atoms with van der Waals surface area (Å²) < 4.78 is 1.03. The van der Waals surface area contributed by atoms with Gasteiger partial charge in [-0.2, -0.15) is 0 Å². The van der Waals surface area contributed by atoms with Crippen molar-refractivity contribution in [1.29, 1.82) is 0 Å². The molecule has 0 spiro atoms. The molecular weight excluding hydrogens is 324 g/mol. The summed E-state index contributed by atoms with van der Waals surface area (Å²) in [5.74, 6) is 0.00554. The number of hydrogen-bond acceptors (Lipinski definition) is 6. The number of amides is 1. The first-order valence-corrected chi connectivity index (χ1v) is 9.30. The van der Waals surface area contributed by atoms with Gasteiger partial charge in [0.2, 0.25) is 5.13 Å². The van der Waals surface area contributed by atoms with Crippen LogP contribution in [0.3, 0.4) is 0 Å². The molecule has 1 saturated carbocycles. The molecule has 1 heterocycles. The summed E-state index contributed by atoms with van der Waals surface area (Å²) in [4.78, 5) is 16.5. The van der Waals surface area contributed by atoms with E-state index in [0.29, 0.717) is 17.5 Å². The van der Waals surface area contributed by atoms with Gasteiger partial charge in [0, 0.05) is 6.04 Å². The predicted molar refractivity (Wildman–Crippen MR) is 96.6 cm³/mol. The lowest BCUT2D eigenvalue weighted by atomic mass is 9.84. The summed E-state index contributed by atoms with van der Waals surface area (Å²) in [5.41, 5.74) is 12.2. The second kappa shape index (κ2) is 7.92. The van der Waals surface area contributed by atoms with E-state index in [4.69, 9.17) is 5.73 Å². The molecule has 0 aliphatic heterocycles. The molecule has 130 valence electrons. The summed E-state index contributed by atoms with van der Waals surface area (Å²) in [5, 5.41) is 10.7. The van der Waals surface area contributed by atoms with Crippen LogP contribution >= 0.6 is 11.3 Å².